The van der Waals surface area contributed by atoms with Gasteiger partial charge >= 0.3 is 5.97 Å². The lowest BCUT2D eigenvalue weighted by Crippen LogP contribution is -2.40. The van der Waals surface area contributed by atoms with Crippen molar-refractivity contribution < 1.29 is 14.7 Å². The van der Waals surface area contributed by atoms with E-state index >= 15 is 0 Å². The first-order chi connectivity index (χ1) is 10.2. The quantitative estimate of drug-likeness (QED) is 0.905. The third kappa shape index (κ3) is 2.59. The number of aliphatic carboxylic acids is 1. The molecule has 5 nitrogen and oxygen atoms in total. The minimum Gasteiger partial charge on any atom is -0.481 e. The minimum absolute atomic E-state index is 0.230. The van der Waals surface area contributed by atoms with Crippen LogP contribution in [0.25, 0.3) is 10.9 Å². The number of pyridine rings is 1. The number of carbonyl (C=O) groups excluding carboxylic acids is 1. The van der Waals surface area contributed by atoms with Gasteiger partial charge in [-0.1, -0.05) is 18.6 Å². The maximum absolute atomic E-state index is 12.5. The van der Waals surface area contributed by atoms with E-state index < -0.39 is 11.9 Å². The highest BCUT2D eigenvalue weighted by Gasteiger charge is 2.34. The van der Waals surface area contributed by atoms with Crippen molar-refractivity contribution in [1.29, 1.82) is 0 Å². The molecule has 21 heavy (non-hydrogen) atoms. The standard InChI is InChI=1S/C16H16N2O3/c19-15(18-14-8-2-5-12(14)16(20)21)11-4-1-7-13-10(11)6-3-9-17-13/h1,3-4,6-7,9,12,14H,2,5,8H2,(H,18,19)(H,20,21). The van der Waals surface area contributed by atoms with E-state index in [1.807, 2.05) is 12.1 Å². The van der Waals surface area contributed by atoms with Crippen LogP contribution in [0.5, 0.6) is 0 Å². The highest BCUT2D eigenvalue weighted by Crippen LogP contribution is 2.26. The molecule has 1 aromatic heterocycles. The molecular weight excluding hydrogens is 268 g/mol. The number of carboxylic acids is 1. The zero-order valence-electron chi connectivity index (χ0n) is 11.5. The van der Waals surface area contributed by atoms with Gasteiger partial charge in [0.2, 0.25) is 0 Å². The molecule has 108 valence electrons. The predicted octanol–water partition coefficient (Wildman–Crippen LogP) is 2.22. The summed E-state index contributed by atoms with van der Waals surface area (Å²) in [5.41, 5.74) is 1.29. The number of rotatable bonds is 3. The fourth-order valence-corrected chi connectivity index (χ4v) is 2.98. The van der Waals surface area contributed by atoms with E-state index in [2.05, 4.69) is 10.3 Å². The highest BCUT2D eigenvalue weighted by molar-refractivity contribution is 6.06. The Morgan fingerprint density at radius 2 is 2.05 bits per heavy atom. The van der Waals surface area contributed by atoms with Crippen LogP contribution in [0.3, 0.4) is 0 Å². The highest BCUT2D eigenvalue weighted by atomic mass is 16.4. The first-order valence-corrected chi connectivity index (χ1v) is 7.04. The molecule has 0 spiro atoms. The van der Waals surface area contributed by atoms with E-state index in [1.165, 1.54) is 0 Å². The molecule has 2 aromatic rings. The number of nitrogens with zero attached hydrogens (tertiary/aromatic N) is 1. The lowest BCUT2D eigenvalue weighted by molar-refractivity contribution is -0.142. The van der Waals surface area contributed by atoms with Crippen molar-refractivity contribution in [2.45, 2.75) is 25.3 Å². The second-order valence-electron chi connectivity index (χ2n) is 5.33. The van der Waals surface area contributed by atoms with Gasteiger partial charge in [-0.15, -0.1) is 0 Å². The molecule has 1 fully saturated rings. The van der Waals surface area contributed by atoms with Crippen molar-refractivity contribution in [3.8, 4) is 0 Å². The molecule has 3 rings (SSSR count). The van der Waals surface area contributed by atoms with Gasteiger partial charge in [-0.05, 0) is 31.0 Å². The smallest absolute Gasteiger partial charge is 0.308 e. The van der Waals surface area contributed by atoms with Crippen LogP contribution in [0, 0.1) is 5.92 Å². The second kappa shape index (κ2) is 5.52. The summed E-state index contributed by atoms with van der Waals surface area (Å²) in [4.78, 5) is 27.9. The zero-order valence-corrected chi connectivity index (χ0v) is 11.5. The summed E-state index contributed by atoms with van der Waals surface area (Å²) in [6, 6.07) is 8.72. The summed E-state index contributed by atoms with van der Waals surface area (Å²) in [7, 11) is 0. The molecule has 1 aliphatic carbocycles. The van der Waals surface area contributed by atoms with Crippen LogP contribution in [-0.4, -0.2) is 28.0 Å². The summed E-state index contributed by atoms with van der Waals surface area (Å²) >= 11 is 0. The molecule has 0 aliphatic heterocycles. The largest absolute Gasteiger partial charge is 0.481 e. The SMILES string of the molecule is O=C(NC1CCCC1C(=O)O)c1cccc2ncccc12. The lowest BCUT2D eigenvalue weighted by atomic mass is 10.0. The molecule has 0 saturated heterocycles. The van der Waals surface area contributed by atoms with Gasteiger partial charge in [0.05, 0.1) is 11.4 Å². The molecule has 1 amide bonds. The number of aromatic nitrogens is 1. The number of hydrogen-bond donors (Lipinski definition) is 2. The van der Waals surface area contributed by atoms with Gasteiger partial charge in [0.15, 0.2) is 0 Å². The van der Waals surface area contributed by atoms with Crippen LogP contribution < -0.4 is 5.32 Å². The molecule has 2 atom stereocenters. The van der Waals surface area contributed by atoms with Gasteiger partial charge in [0.25, 0.3) is 5.91 Å². The summed E-state index contributed by atoms with van der Waals surface area (Å²) < 4.78 is 0. The molecule has 2 N–H and O–H groups in total. The van der Waals surface area contributed by atoms with E-state index in [9.17, 15) is 14.7 Å². The molecule has 1 aromatic carbocycles. The van der Waals surface area contributed by atoms with E-state index in [-0.39, 0.29) is 11.9 Å². The molecule has 0 radical (unpaired) electrons. The van der Waals surface area contributed by atoms with Gasteiger partial charge in [-0.2, -0.15) is 0 Å². The van der Waals surface area contributed by atoms with Gasteiger partial charge in [0, 0.05) is 23.2 Å². The van der Waals surface area contributed by atoms with Crippen molar-refractivity contribution in [1.82, 2.24) is 10.3 Å². The Morgan fingerprint density at radius 1 is 1.19 bits per heavy atom. The van der Waals surface area contributed by atoms with Gasteiger partial charge in [-0.3, -0.25) is 14.6 Å². The Kier molecular flexibility index (Phi) is 3.56. The van der Waals surface area contributed by atoms with E-state index in [1.54, 1.807) is 24.4 Å². The van der Waals surface area contributed by atoms with Crippen molar-refractivity contribution in [2.75, 3.05) is 0 Å². The van der Waals surface area contributed by atoms with Crippen molar-refractivity contribution >= 4 is 22.8 Å². The minimum atomic E-state index is -0.836. The molecule has 1 saturated carbocycles. The summed E-state index contributed by atoms with van der Waals surface area (Å²) in [5, 5.41) is 12.8. The number of fused-ring (bicyclic) bond motifs is 1. The lowest BCUT2D eigenvalue weighted by Gasteiger charge is -2.18. The molecule has 1 heterocycles. The van der Waals surface area contributed by atoms with E-state index in [4.69, 9.17) is 0 Å². The maximum atomic E-state index is 12.5. The topological polar surface area (TPSA) is 79.3 Å². The van der Waals surface area contributed by atoms with E-state index in [0.717, 1.165) is 17.3 Å². The zero-order chi connectivity index (χ0) is 14.8. The Morgan fingerprint density at radius 3 is 2.86 bits per heavy atom. The van der Waals surface area contributed by atoms with Crippen LogP contribution in [0.1, 0.15) is 29.6 Å². The molecule has 1 aliphatic rings. The van der Waals surface area contributed by atoms with Gasteiger partial charge < -0.3 is 10.4 Å². The Balaban J connectivity index is 1.86. The fraction of sp³-hybridized carbons (Fsp3) is 0.312. The summed E-state index contributed by atoms with van der Waals surface area (Å²) in [5.74, 6) is -1.55. The van der Waals surface area contributed by atoms with Crippen LogP contribution in [0.2, 0.25) is 0 Å². The normalized spacial score (nSPS) is 21.3. The van der Waals surface area contributed by atoms with Gasteiger partial charge in [-0.25, -0.2) is 0 Å². The first kappa shape index (κ1) is 13.5. The number of benzene rings is 1. The average Bonchev–Trinajstić information content (AvgIpc) is 2.95. The molecular formula is C16H16N2O3. The molecule has 5 heteroatoms. The Hall–Kier alpha value is -2.43. The van der Waals surface area contributed by atoms with Crippen molar-refractivity contribution in [3.63, 3.8) is 0 Å². The monoisotopic (exact) mass is 284 g/mol. The number of carboxylic acid groups (broad SMARTS) is 1. The Bertz CT molecular complexity index is 693. The summed E-state index contributed by atoms with van der Waals surface area (Å²) in [6.07, 6.45) is 3.85. The average molecular weight is 284 g/mol. The van der Waals surface area contributed by atoms with Crippen LogP contribution in [-0.2, 0) is 4.79 Å². The third-order valence-corrected chi connectivity index (χ3v) is 4.04. The second-order valence-corrected chi connectivity index (χ2v) is 5.33. The third-order valence-electron chi connectivity index (χ3n) is 4.04. The fourth-order valence-electron chi connectivity index (χ4n) is 2.98. The van der Waals surface area contributed by atoms with Crippen LogP contribution in [0.4, 0.5) is 0 Å². The number of carbonyl (C=O) groups is 2. The molecule has 2 unspecified atom stereocenters. The maximum Gasteiger partial charge on any atom is 0.308 e. The van der Waals surface area contributed by atoms with Crippen LogP contribution in [0.15, 0.2) is 36.5 Å². The number of amides is 1. The Labute approximate surface area is 122 Å². The van der Waals surface area contributed by atoms with Gasteiger partial charge in [0.1, 0.15) is 0 Å². The summed E-state index contributed by atoms with van der Waals surface area (Å²) in [6.45, 7) is 0. The van der Waals surface area contributed by atoms with E-state index in [0.29, 0.717) is 18.4 Å². The van der Waals surface area contributed by atoms with Crippen molar-refractivity contribution in [2.24, 2.45) is 5.92 Å². The van der Waals surface area contributed by atoms with Crippen molar-refractivity contribution in [3.05, 3.63) is 42.1 Å². The predicted molar refractivity (Wildman–Crippen MR) is 78.0 cm³/mol. The van der Waals surface area contributed by atoms with Crippen LogP contribution >= 0.6 is 0 Å². The first-order valence-electron chi connectivity index (χ1n) is 7.04. The molecule has 0 bridgehead atoms. The number of nitrogens with one attached hydrogen (secondary N) is 1. The number of hydrogen-bond acceptors (Lipinski definition) is 3.